The predicted octanol–water partition coefficient (Wildman–Crippen LogP) is 1.50. The summed E-state index contributed by atoms with van der Waals surface area (Å²) in [6.07, 6.45) is 2.34. The highest BCUT2D eigenvalue weighted by atomic mass is 16.2. The van der Waals surface area contributed by atoms with Crippen molar-refractivity contribution in [2.45, 2.75) is 44.3 Å². The van der Waals surface area contributed by atoms with Crippen molar-refractivity contribution < 1.29 is 9.59 Å². The number of anilines is 1. The SMILES string of the molecule is C[C@@H](CN1C[C@H]2C[C@@H]1C(=O)N2c1ccccc1C#N)C(=O)N1CCC[C@H]1C#N. The van der Waals surface area contributed by atoms with Crippen molar-refractivity contribution in [2.75, 3.05) is 24.5 Å². The minimum Gasteiger partial charge on any atom is -0.326 e. The van der Waals surface area contributed by atoms with Crippen LogP contribution in [-0.2, 0) is 9.59 Å². The zero-order chi connectivity index (χ0) is 19.8. The van der Waals surface area contributed by atoms with Crippen LogP contribution in [0.3, 0.4) is 0 Å². The smallest absolute Gasteiger partial charge is 0.244 e. The Morgan fingerprint density at radius 1 is 1.32 bits per heavy atom. The van der Waals surface area contributed by atoms with Crippen molar-refractivity contribution in [3.8, 4) is 12.1 Å². The summed E-state index contributed by atoms with van der Waals surface area (Å²) in [4.78, 5) is 31.3. The quantitative estimate of drug-likeness (QED) is 0.793. The molecule has 7 nitrogen and oxygen atoms in total. The Labute approximate surface area is 164 Å². The van der Waals surface area contributed by atoms with Gasteiger partial charge in [0.1, 0.15) is 12.1 Å². The van der Waals surface area contributed by atoms with E-state index >= 15 is 0 Å². The summed E-state index contributed by atoms with van der Waals surface area (Å²) in [6.45, 7) is 3.75. The summed E-state index contributed by atoms with van der Waals surface area (Å²) in [6, 6.07) is 11.1. The molecule has 0 aliphatic carbocycles. The minimum absolute atomic E-state index is 0.00551. The summed E-state index contributed by atoms with van der Waals surface area (Å²) in [5.41, 5.74) is 1.19. The van der Waals surface area contributed by atoms with Crippen LogP contribution in [0.15, 0.2) is 24.3 Å². The van der Waals surface area contributed by atoms with Gasteiger partial charge in [0, 0.05) is 25.6 Å². The van der Waals surface area contributed by atoms with Gasteiger partial charge in [0.2, 0.25) is 11.8 Å². The second kappa shape index (κ2) is 7.26. The molecule has 144 valence electrons. The zero-order valence-electron chi connectivity index (χ0n) is 15.9. The number of rotatable bonds is 4. The molecule has 3 aliphatic heterocycles. The minimum atomic E-state index is -0.315. The topological polar surface area (TPSA) is 91.4 Å². The average molecular weight is 377 g/mol. The van der Waals surface area contributed by atoms with Gasteiger partial charge in [-0.2, -0.15) is 10.5 Å². The highest BCUT2D eigenvalue weighted by Gasteiger charge is 2.51. The first-order chi connectivity index (χ1) is 13.5. The first-order valence-electron chi connectivity index (χ1n) is 9.81. The second-order valence-electron chi connectivity index (χ2n) is 7.92. The van der Waals surface area contributed by atoms with Crippen LogP contribution in [0.5, 0.6) is 0 Å². The van der Waals surface area contributed by atoms with E-state index in [9.17, 15) is 20.1 Å². The van der Waals surface area contributed by atoms with E-state index in [0.29, 0.717) is 30.9 Å². The molecule has 2 bridgehead atoms. The Kier molecular flexibility index (Phi) is 4.78. The Morgan fingerprint density at radius 2 is 2.11 bits per heavy atom. The number of carbonyl (C=O) groups excluding carboxylic acids is 2. The summed E-state index contributed by atoms with van der Waals surface area (Å²) in [7, 11) is 0. The zero-order valence-corrected chi connectivity index (χ0v) is 15.9. The van der Waals surface area contributed by atoms with E-state index < -0.39 is 0 Å². The molecule has 7 heteroatoms. The lowest BCUT2D eigenvalue weighted by atomic mass is 10.1. The molecule has 0 aromatic heterocycles. The van der Waals surface area contributed by atoms with Gasteiger partial charge in [-0.3, -0.25) is 14.5 Å². The first-order valence-corrected chi connectivity index (χ1v) is 9.81. The van der Waals surface area contributed by atoms with Crippen molar-refractivity contribution in [1.29, 1.82) is 10.5 Å². The predicted molar refractivity (Wildman–Crippen MR) is 102 cm³/mol. The normalized spacial score (nSPS) is 27.7. The highest BCUT2D eigenvalue weighted by molar-refractivity contribution is 6.02. The molecule has 4 atom stereocenters. The first kappa shape index (κ1) is 18.5. The molecule has 28 heavy (non-hydrogen) atoms. The van der Waals surface area contributed by atoms with E-state index in [1.54, 1.807) is 21.9 Å². The molecule has 3 saturated heterocycles. The van der Waals surface area contributed by atoms with Crippen LogP contribution in [0.4, 0.5) is 5.69 Å². The van der Waals surface area contributed by atoms with Gasteiger partial charge >= 0.3 is 0 Å². The van der Waals surface area contributed by atoms with Crippen molar-refractivity contribution in [3.05, 3.63) is 29.8 Å². The molecule has 1 aromatic rings. The number of hydrogen-bond acceptors (Lipinski definition) is 5. The van der Waals surface area contributed by atoms with E-state index in [0.717, 1.165) is 19.3 Å². The molecule has 0 spiro atoms. The van der Waals surface area contributed by atoms with Crippen molar-refractivity contribution in [3.63, 3.8) is 0 Å². The summed E-state index contributed by atoms with van der Waals surface area (Å²) < 4.78 is 0. The highest BCUT2D eigenvalue weighted by Crippen LogP contribution is 2.37. The van der Waals surface area contributed by atoms with Gasteiger partial charge in [-0.15, -0.1) is 0 Å². The molecular formula is C21H23N5O2. The van der Waals surface area contributed by atoms with Crippen LogP contribution in [-0.4, -0.2) is 59.4 Å². The number of para-hydroxylation sites is 1. The summed E-state index contributed by atoms with van der Waals surface area (Å²) in [5.74, 6) is -0.235. The molecule has 1 aromatic carbocycles. The molecule has 3 aliphatic rings. The largest absolute Gasteiger partial charge is 0.326 e. The summed E-state index contributed by atoms with van der Waals surface area (Å²) in [5, 5.41) is 18.6. The average Bonchev–Trinajstić information content (AvgIpc) is 3.41. The Morgan fingerprint density at radius 3 is 2.82 bits per heavy atom. The van der Waals surface area contributed by atoms with Gasteiger partial charge in [-0.25, -0.2) is 0 Å². The van der Waals surface area contributed by atoms with E-state index in [1.165, 1.54) is 0 Å². The molecule has 0 radical (unpaired) electrons. The maximum absolute atomic E-state index is 13.0. The van der Waals surface area contributed by atoms with Crippen LogP contribution in [0.2, 0.25) is 0 Å². The molecule has 0 saturated carbocycles. The lowest BCUT2D eigenvalue weighted by Crippen LogP contribution is -2.53. The Hall–Kier alpha value is -2.90. The second-order valence-corrected chi connectivity index (χ2v) is 7.92. The maximum Gasteiger partial charge on any atom is 0.244 e. The molecule has 3 heterocycles. The molecule has 3 fully saturated rings. The summed E-state index contributed by atoms with van der Waals surface area (Å²) >= 11 is 0. The van der Waals surface area contributed by atoms with E-state index in [1.807, 2.05) is 19.1 Å². The number of nitriles is 2. The van der Waals surface area contributed by atoms with Gasteiger partial charge in [-0.05, 0) is 31.4 Å². The number of amides is 2. The lowest BCUT2D eigenvalue weighted by molar-refractivity contribution is -0.136. The molecule has 0 unspecified atom stereocenters. The standard InChI is InChI=1S/C21H23N5O2/c1-14(20(27)25-8-4-6-16(25)11-23)12-24-13-17-9-19(24)21(28)26(17)18-7-3-2-5-15(18)10-22/h2-3,5,7,14,16-17,19H,4,6,8-9,12-13H2,1H3/t14-,16-,17+,19+/m0/s1. The number of likely N-dealkylation sites (tertiary alicyclic amines) is 2. The van der Waals surface area contributed by atoms with E-state index in [-0.39, 0.29) is 35.9 Å². The van der Waals surface area contributed by atoms with Gasteiger partial charge in [-0.1, -0.05) is 19.1 Å². The fourth-order valence-corrected chi connectivity index (χ4v) is 4.84. The third-order valence-electron chi connectivity index (χ3n) is 6.17. The molecule has 4 rings (SSSR count). The van der Waals surface area contributed by atoms with Gasteiger partial charge < -0.3 is 9.80 Å². The van der Waals surface area contributed by atoms with Crippen LogP contribution in [0.25, 0.3) is 0 Å². The number of fused-ring (bicyclic) bond motifs is 2. The van der Waals surface area contributed by atoms with Gasteiger partial charge in [0.05, 0.1) is 29.4 Å². The third kappa shape index (κ3) is 2.93. The van der Waals surface area contributed by atoms with Crippen LogP contribution >= 0.6 is 0 Å². The Bertz CT molecular complexity index is 886. The number of nitrogens with zero attached hydrogens (tertiary/aromatic N) is 5. The number of carbonyl (C=O) groups is 2. The molecule has 0 N–H and O–H groups in total. The van der Waals surface area contributed by atoms with Crippen LogP contribution in [0, 0.1) is 28.6 Å². The number of hydrogen-bond donors (Lipinski definition) is 0. The lowest BCUT2D eigenvalue weighted by Gasteiger charge is -2.35. The molecule has 2 amide bonds. The third-order valence-corrected chi connectivity index (χ3v) is 6.17. The Balaban J connectivity index is 1.44. The maximum atomic E-state index is 13.0. The number of piperazine rings is 1. The van der Waals surface area contributed by atoms with Crippen LogP contribution < -0.4 is 4.90 Å². The van der Waals surface area contributed by atoms with Gasteiger partial charge in [0.15, 0.2) is 0 Å². The monoisotopic (exact) mass is 377 g/mol. The van der Waals surface area contributed by atoms with E-state index in [2.05, 4.69) is 17.0 Å². The van der Waals surface area contributed by atoms with E-state index in [4.69, 9.17) is 0 Å². The fraction of sp³-hybridized carbons (Fsp3) is 0.524. The number of benzene rings is 1. The van der Waals surface area contributed by atoms with Crippen molar-refractivity contribution in [1.82, 2.24) is 9.80 Å². The molecular weight excluding hydrogens is 354 g/mol. The van der Waals surface area contributed by atoms with Crippen molar-refractivity contribution in [2.24, 2.45) is 5.92 Å². The van der Waals surface area contributed by atoms with Gasteiger partial charge in [0.25, 0.3) is 0 Å². The fourth-order valence-electron chi connectivity index (χ4n) is 4.84. The van der Waals surface area contributed by atoms with Crippen molar-refractivity contribution >= 4 is 17.5 Å². The van der Waals surface area contributed by atoms with Crippen LogP contribution in [0.1, 0.15) is 31.7 Å².